The van der Waals surface area contributed by atoms with Crippen LogP contribution in [0.2, 0.25) is 0 Å². The van der Waals surface area contributed by atoms with Crippen molar-refractivity contribution in [3.8, 4) is 11.3 Å². The summed E-state index contributed by atoms with van der Waals surface area (Å²) in [6.07, 6.45) is 0. The molecule has 1 heterocycles. The zero-order valence-electron chi connectivity index (χ0n) is 11.7. The standard InChI is InChI=1S/C17H12FNO3/c1-22-17(21)14-15(10-5-3-2-4-6-10)19-13-9-11(18)7-8-12(13)16(14)20/h2-9H,1H3,(H,19,20). The highest BCUT2D eigenvalue weighted by Gasteiger charge is 2.20. The van der Waals surface area contributed by atoms with Gasteiger partial charge < -0.3 is 9.72 Å². The average molecular weight is 297 g/mol. The lowest BCUT2D eigenvalue weighted by molar-refractivity contribution is 0.0600. The monoisotopic (exact) mass is 297 g/mol. The fourth-order valence-corrected chi connectivity index (χ4v) is 2.38. The van der Waals surface area contributed by atoms with Crippen LogP contribution in [0.5, 0.6) is 0 Å². The lowest BCUT2D eigenvalue weighted by atomic mass is 10.0. The Morgan fingerprint density at radius 1 is 1.14 bits per heavy atom. The van der Waals surface area contributed by atoms with Crippen LogP contribution in [0.1, 0.15) is 10.4 Å². The van der Waals surface area contributed by atoms with E-state index in [0.717, 1.165) is 0 Å². The lowest BCUT2D eigenvalue weighted by Gasteiger charge is -2.10. The van der Waals surface area contributed by atoms with Gasteiger partial charge in [-0.05, 0) is 23.8 Å². The lowest BCUT2D eigenvalue weighted by Crippen LogP contribution is -2.19. The van der Waals surface area contributed by atoms with Gasteiger partial charge in [0.05, 0.1) is 18.3 Å². The van der Waals surface area contributed by atoms with Crippen LogP contribution in [0.4, 0.5) is 4.39 Å². The summed E-state index contributed by atoms with van der Waals surface area (Å²) in [7, 11) is 1.21. The van der Waals surface area contributed by atoms with Crippen molar-refractivity contribution in [2.24, 2.45) is 0 Å². The van der Waals surface area contributed by atoms with Gasteiger partial charge in [0.2, 0.25) is 5.43 Å². The Balaban J connectivity index is 2.43. The van der Waals surface area contributed by atoms with Gasteiger partial charge >= 0.3 is 5.97 Å². The zero-order chi connectivity index (χ0) is 15.7. The number of H-pyrrole nitrogens is 1. The molecule has 5 heteroatoms. The first-order valence-corrected chi connectivity index (χ1v) is 6.61. The third-order valence-corrected chi connectivity index (χ3v) is 3.41. The third-order valence-electron chi connectivity index (χ3n) is 3.41. The van der Waals surface area contributed by atoms with Crippen molar-refractivity contribution in [1.82, 2.24) is 4.98 Å². The molecule has 3 rings (SSSR count). The van der Waals surface area contributed by atoms with E-state index in [4.69, 9.17) is 4.74 Å². The maximum Gasteiger partial charge on any atom is 0.344 e. The van der Waals surface area contributed by atoms with E-state index >= 15 is 0 Å². The first-order valence-electron chi connectivity index (χ1n) is 6.61. The van der Waals surface area contributed by atoms with Crippen LogP contribution >= 0.6 is 0 Å². The topological polar surface area (TPSA) is 59.2 Å². The van der Waals surface area contributed by atoms with Crippen LogP contribution in [0.25, 0.3) is 22.2 Å². The Morgan fingerprint density at radius 2 is 1.86 bits per heavy atom. The number of nitrogens with one attached hydrogen (secondary N) is 1. The molecular formula is C17H12FNO3. The fraction of sp³-hybridized carbons (Fsp3) is 0.0588. The molecule has 110 valence electrons. The number of halogens is 1. The molecular weight excluding hydrogens is 285 g/mol. The van der Waals surface area contributed by atoms with Crippen molar-refractivity contribution in [3.63, 3.8) is 0 Å². The summed E-state index contributed by atoms with van der Waals surface area (Å²) < 4.78 is 18.1. The first-order chi connectivity index (χ1) is 10.6. The van der Waals surface area contributed by atoms with Crippen LogP contribution < -0.4 is 5.43 Å². The molecule has 0 aliphatic heterocycles. The van der Waals surface area contributed by atoms with Gasteiger partial charge in [-0.25, -0.2) is 9.18 Å². The number of rotatable bonds is 2. The Hall–Kier alpha value is -2.95. The Labute approximate surface area is 125 Å². The molecule has 0 amide bonds. The minimum absolute atomic E-state index is 0.0900. The van der Waals surface area contributed by atoms with Crippen LogP contribution in [0.15, 0.2) is 53.3 Å². The predicted molar refractivity (Wildman–Crippen MR) is 81.3 cm³/mol. The van der Waals surface area contributed by atoms with Gasteiger partial charge in [-0.15, -0.1) is 0 Å². The van der Waals surface area contributed by atoms with E-state index in [9.17, 15) is 14.0 Å². The maximum absolute atomic E-state index is 13.4. The largest absolute Gasteiger partial charge is 0.465 e. The van der Waals surface area contributed by atoms with Crippen LogP contribution in [0.3, 0.4) is 0 Å². The van der Waals surface area contributed by atoms with E-state index in [1.54, 1.807) is 24.3 Å². The molecule has 0 atom stereocenters. The summed E-state index contributed by atoms with van der Waals surface area (Å²) in [5.41, 5.74) is 0.713. The molecule has 1 N–H and O–H groups in total. The van der Waals surface area contributed by atoms with E-state index in [2.05, 4.69) is 4.98 Å². The van der Waals surface area contributed by atoms with E-state index < -0.39 is 17.2 Å². The van der Waals surface area contributed by atoms with Crippen molar-refractivity contribution in [2.75, 3.05) is 7.11 Å². The molecule has 0 spiro atoms. The predicted octanol–water partition coefficient (Wildman–Crippen LogP) is 3.12. The number of fused-ring (bicyclic) bond motifs is 1. The molecule has 0 saturated heterocycles. The molecule has 0 unspecified atom stereocenters. The molecule has 0 radical (unpaired) electrons. The number of pyridine rings is 1. The van der Waals surface area contributed by atoms with Crippen molar-refractivity contribution in [3.05, 3.63) is 70.1 Å². The molecule has 4 nitrogen and oxygen atoms in total. The molecule has 0 fully saturated rings. The number of benzene rings is 2. The van der Waals surface area contributed by atoms with Crippen molar-refractivity contribution in [1.29, 1.82) is 0 Å². The van der Waals surface area contributed by atoms with E-state index in [1.165, 1.54) is 25.3 Å². The smallest absolute Gasteiger partial charge is 0.344 e. The van der Waals surface area contributed by atoms with Crippen molar-refractivity contribution >= 4 is 16.9 Å². The number of methoxy groups -OCH3 is 1. The van der Waals surface area contributed by atoms with E-state index in [-0.39, 0.29) is 10.9 Å². The second kappa shape index (κ2) is 5.44. The summed E-state index contributed by atoms with van der Waals surface area (Å²) >= 11 is 0. The van der Waals surface area contributed by atoms with Crippen LogP contribution in [-0.2, 0) is 4.74 Å². The summed E-state index contributed by atoms with van der Waals surface area (Å²) in [5, 5.41) is 0.237. The van der Waals surface area contributed by atoms with Crippen molar-refractivity contribution in [2.45, 2.75) is 0 Å². The third kappa shape index (κ3) is 2.26. The molecule has 0 bridgehead atoms. The summed E-state index contributed by atoms with van der Waals surface area (Å²) in [6.45, 7) is 0. The average Bonchev–Trinajstić information content (AvgIpc) is 2.54. The number of hydrogen-bond donors (Lipinski definition) is 1. The minimum Gasteiger partial charge on any atom is -0.465 e. The summed E-state index contributed by atoms with van der Waals surface area (Å²) in [5.74, 6) is -1.20. The molecule has 1 aromatic heterocycles. The highest BCUT2D eigenvalue weighted by molar-refractivity contribution is 6.00. The highest BCUT2D eigenvalue weighted by Crippen LogP contribution is 2.23. The van der Waals surface area contributed by atoms with Crippen molar-refractivity contribution < 1.29 is 13.9 Å². The van der Waals surface area contributed by atoms with Gasteiger partial charge in [-0.2, -0.15) is 0 Å². The first kappa shape index (κ1) is 14.0. The number of ether oxygens (including phenoxy) is 1. The molecule has 0 aliphatic carbocycles. The highest BCUT2D eigenvalue weighted by atomic mass is 19.1. The zero-order valence-corrected chi connectivity index (χ0v) is 11.7. The van der Waals surface area contributed by atoms with Gasteiger partial charge in [-0.3, -0.25) is 4.79 Å². The van der Waals surface area contributed by atoms with Gasteiger partial charge in [0.1, 0.15) is 11.4 Å². The summed E-state index contributed by atoms with van der Waals surface area (Å²) in [6, 6.07) is 12.6. The summed E-state index contributed by atoms with van der Waals surface area (Å²) in [4.78, 5) is 27.6. The van der Waals surface area contributed by atoms with Crippen LogP contribution in [0, 0.1) is 5.82 Å². The SMILES string of the molecule is COC(=O)c1c(-c2ccccc2)[nH]c2cc(F)ccc2c1=O. The maximum atomic E-state index is 13.4. The number of aromatic amines is 1. The number of carbonyl (C=O) groups is 1. The van der Waals surface area contributed by atoms with Gasteiger partial charge in [-0.1, -0.05) is 30.3 Å². The molecule has 2 aromatic carbocycles. The molecule has 0 saturated carbocycles. The van der Waals surface area contributed by atoms with E-state index in [0.29, 0.717) is 16.8 Å². The second-order valence-electron chi connectivity index (χ2n) is 4.75. The molecule has 0 aliphatic rings. The fourth-order valence-electron chi connectivity index (χ4n) is 2.38. The number of hydrogen-bond acceptors (Lipinski definition) is 3. The Morgan fingerprint density at radius 3 is 2.55 bits per heavy atom. The number of aromatic nitrogens is 1. The molecule has 3 aromatic rings. The van der Waals surface area contributed by atoms with Gasteiger partial charge in [0, 0.05) is 5.39 Å². The molecule has 22 heavy (non-hydrogen) atoms. The van der Waals surface area contributed by atoms with Crippen LogP contribution in [-0.4, -0.2) is 18.1 Å². The quantitative estimate of drug-likeness (QED) is 0.739. The number of esters is 1. The second-order valence-corrected chi connectivity index (χ2v) is 4.75. The Bertz CT molecular complexity index is 916. The van der Waals surface area contributed by atoms with E-state index in [1.807, 2.05) is 6.07 Å². The Kier molecular flexibility index (Phi) is 3.47. The normalized spacial score (nSPS) is 10.6. The minimum atomic E-state index is -0.730. The van der Waals surface area contributed by atoms with Gasteiger partial charge in [0.15, 0.2) is 0 Å². The van der Waals surface area contributed by atoms with Gasteiger partial charge in [0.25, 0.3) is 0 Å². The number of carbonyl (C=O) groups excluding carboxylic acids is 1.